The van der Waals surface area contributed by atoms with Crippen molar-refractivity contribution in [3.05, 3.63) is 110 Å². The van der Waals surface area contributed by atoms with Gasteiger partial charge in [0.05, 0.1) is 16.8 Å². The van der Waals surface area contributed by atoms with Crippen LogP contribution in [0.1, 0.15) is 29.7 Å². The lowest BCUT2D eigenvalue weighted by atomic mass is 9.98. The Balaban J connectivity index is 1.69. The molecule has 0 aliphatic carbocycles. The van der Waals surface area contributed by atoms with Gasteiger partial charge in [0.25, 0.3) is 5.56 Å². The van der Waals surface area contributed by atoms with Gasteiger partial charge in [0.1, 0.15) is 11.3 Å². The third-order valence-corrected chi connectivity index (χ3v) is 6.07. The van der Waals surface area contributed by atoms with E-state index in [2.05, 4.69) is 10.3 Å². The topological polar surface area (TPSA) is 75.1 Å². The summed E-state index contributed by atoms with van der Waals surface area (Å²) in [7, 11) is 0. The molecule has 3 aromatic carbocycles. The fraction of sp³-hybridized carbons (Fsp3) is 0.143. The van der Waals surface area contributed by atoms with Gasteiger partial charge in [-0.05, 0) is 49.9 Å². The van der Waals surface area contributed by atoms with Gasteiger partial charge in [-0.25, -0.2) is 0 Å². The quantitative estimate of drug-likeness (QED) is 0.357. The molecule has 0 saturated heterocycles. The van der Waals surface area contributed by atoms with E-state index in [4.69, 9.17) is 4.42 Å². The maximum absolute atomic E-state index is 13.3. The minimum atomic E-state index is -0.216. The van der Waals surface area contributed by atoms with Crippen LogP contribution < -0.4 is 16.3 Å². The summed E-state index contributed by atoms with van der Waals surface area (Å²) in [6.07, 6.45) is 1.65. The summed E-state index contributed by atoms with van der Waals surface area (Å²) < 4.78 is 6.41. The van der Waals surface area contributed by atoms with Crippen LogP contribution in [-0.4, -0.2) is 4.98 Å². The smallest absolute Gasteiger partial charge is 0.257 e. The number of fused-ring (bicyclic) bond motifs is 2. The number of hydrogen-bond donors (Lipinski definition) is 2. The molecule has 0 bridgehead atoms. The minimum absolute atomic E-state index is 0.0335. The Morgan fingerprint density at radius 2 is 1.73 bits per heavy atom. The fourth-order valence-corrected chi connectivity index (χ4v) is 4.43. The number of aryl methyl sites for hydroxylation is 1. The summed E-state index contributed by atoms with van der Waals surface area (Å²) in [6.45, 7) is 5.78. The molecule has 0 saturated carbocycles. The number of pyridine rings is 1. The average molecular weight is 437 g/mol. The predicted molar refractivity (Wildman–Crippen MR) is 134 cm³/mol. The first-order valence-corrected chi connectivity index (χ1v) is 10.9. The van der Waals surface area contributed by atoms with Crippen molar-refractivity contribution in [2.45, 2.75) is 26.8 Å². The van der Waals surface area contributed by atoms with Crippen molar-refractivity contribution >= 4 is 27.4 Å². The highest BCUT2D eigenvalue weighted by molar-refractivity contribution is 5.93. The van der Waals surface area contributed by atoms with E-state index < -0.39 is 0 Å². The second-order valence-corrected chi connectivity index (χ2v) is 8.42. The van der Waals surface area contributed by atoms with E-state index in [1.54, 1.807) is 13.1 Å². The van der Waals surface area contributed by atoms with E-state index in [0.29, 0.717) is 27.7 Å². The van der Waals surface area contributed by atoms with Crippen LogP contribution in [0.4, 0.5) is 5.69 Å². The third kappa shape index (κ3) is 3.61. The molecule has 0 unspecified atom stereocenters. The van der Waals surface area contributed by atoms with Gasteiger partial charge in [-0.15, -0.1) is 0 Å². The standard InChI is InChI=1S/C28H24N2O3/c1-16-14-21(18(3)30-23-11-7-10-19-12-13-29-28(32)24(19)23)27-22(15-16)25(31)17(2)26(33-27)20-8-5-4-6-9-20/h4-15,18,30H,1-3H3,(H,29,32)/t18-/m1/s1. The molecule has 0 aliphatic heterocycles. The predicted octanol–water partition coefficient (Wildman–Crippen LogP) is 6.09. The molecule has 0 radical (unpaired) electrons. The van der Waals surface area contributed by atoms with Gasteiger partial charge < -0.3 is 14.7 Å². The van der Waals surface area contributed by atoms with Gasteiger partial charge in [0.15, 0.2) is 5.43 Å². The van der Waals surface area contributed by atoms with Crippen molar-refractivity contribution in [1.29, 1.82) is 0 Å². The highest BCUT2D eigenvalue weighted by Crippen LogP contribution is 2.33. The molecule has 0 spiro atoms. The molecule has 2 N–H and O–H groups in total. The van der Waals surface area contributed by atoms with E-state index in [1.807, 2.05) is 80.6 Å². The number of rotatable bonds is 4. The minimum Gasteiger partial charge on any atom is -0.455 e. The molecule has 5 rings (SSSR count). The summed E-state index contributed by atoms with van der Waals surface area (Å²) in [5.74, 6) is 0.576. The average Bonchev–Trinajstić information content (AvgIpc) is 2.82. The number of hydrogen-bond acceptors (Lipinski definition) is 4. The van der Waals surface area contributed by atoms with Crippen molar-refractivity contribution in [2.75, 3.05) is 5.32 Å². The zero-order chi connectivity index (χ0) is 23.1. The number of anilines is 1. The van der Waals surface area contributed by atoms with E-state index in [-0.39, 0.29) is 17.0 Å². The Labute approximate surface area is 190 Å². The van der Waals surface area contributed by atoms with Gasteiger partial charge in [-0.3, -0.25) is 9.59 Å². The van der Waals surface area contributed by atoms with Crippen molar-refractivity contribution in [3.8, 4) is 11.3 Å². The van der Waals surface area contributed by atoms with Crippen LogP contribution in [-0.2, 0) is 0 Å². The van der Waals surface area contributed by atoms with Crippen molar-refractivity contribution in [2.24, 2.45) is 0 Å². The van der Waals surface area contributed by atoms with Crippen LogP contribution in [0.3, 0.4) is 0 Å². The SMILES string of the molecule is Cc1cc([C@@H](C)Nc2cccc3cc[nH]c(=O)c23)c2oc(-c3ccccc3)c(C)c(=O)c2c1. The molecular weight excluding hydrogens is 412 g/mol. The number of benzene rings is 3. The summed E-state index contributed by atoms with van der Waals surface area (Å²) in [5.41, 5.74) is 4.40. The molecule has 2 heterocycles. The molecule has 2 aromatic heterocycles. The highest BCUT2D eigenvalue weighted by Gasteiger charge is 2.19. The number of aromatic amines is 1. The van der Waals surface area contributed by atoms with Crippen LogP contribution in [0.15, 0.2) is 86.9 Å². The van der Waals surface area contributed by atoms with Gasteiger partial charge in [-0.2, -0.15) is 0 Å². The Morgan fingerprint density at radius 1 is 0.939 bits per heavy atom. The Bertz CT molecular complexity index is 1610. The lowest BCUT2D eigenvalue weighted by Crippen LogP contribution is -2.14. The van der Waals surface area contributed by atoms with Crippen LogP contribution in [0.2, 0.25) is 0 Å². The fourth-order valence-electron chi connectivity index (χ4n) is 4.43. The molecule has 0 aliphatic rings. The molecule has 33 heavy (non-hydrogen) atoms. The lowest BCUT2D eigenvalue weighted by molar-refractivity contribution is 0.605. The van der Waals surface area contributed by atoms with E-state index >= 15 is 0 Å². The van der Waals surface area contributed by atoms with E-state index in [9.17, 15) is 9.59 Å². The van der Waals surface area contributed by atoms with Crippen LogP contribution in [0.5, 0.6) is 0 Å². The van der Waals surface area contributed by atoms with Crippen molar-refractivity contribution in [1.82, 2.24) is 4.98 Å². The monoisotopic (exact) mass is 436 g/mol. The normalized spacial score (nSPS) is 12.2. The first-order valence-electron chi connectivity index (χ1n) is 10.9. The number of nitrogens with one attached hydrogen (secondary N) is 2. The van der Waals surface area contributed by atoms with Gasteiger partial charge in [0, 0.05) is 28.6 Å². The largest absolute Gasteiger partial charge is 0.455 e. The maximum atomic E-state index is 13.3. The second-order valence-electron chi connectivity index (χ2n) is 8.42. The number of aromatic nitrogens is 1. The van der Waals surface area contributed by atoms with Gasteiger partial charge >= 0.3 is 0 Å². The lowest BCUT2D eigenvalue weighted by Gasteiger charge is -2.19. The van der Waals surface area contributed by atoms with Crippen LogP contribution in [0.25, 0.3) is 33.1 Å². The van der Waals surface area contributed by atoms with Crippen molar-refractivity contribution in [3.63, 3.8) is 0 Å². The molecule has 5 aromatic rings. The molecule has 0 fully saturated rings. The van der Waals surface area contributed by atoms with Gasteiger partial charge in [0.2, 0.25) is 0 Å². The van der Waals surface area contributed by atoms with E-state index in [1.165, 1.54) is 0 Å². The highest BCUT2D eigenvalue weighted by atomic mass is 16.3. The summed E-state index contributed by atoms with van der Waals surface area (Å²) in [5, 5.41) is 5.50. The van der Waals surface area contributed by atoms with Crippen LogP contribution >= 0.6 is 0 Å². The second kappa shape index (κ2) is 8.10. The summed E-state index contributed by atoms with van der Waals surface area (Å²) in [4.78, 5) is 28.6. The summed E-state index contributed by atoms with van der Waals surface area (Å²) in [6, 6.07) is 21.0. The van der Waals surface area contributed by atoms with Crippen molar-refractivity contribution < 1.29 is 4.42 Å². The molecule has 1 atom stereocenters. The zero-order valence-electron chi connectivity index (χ0n) is 18.7. The first kappa shape index (κ1) is 20.8. The Hall–Kier alpha value is -4.12. The Kier molecular flexibility index (Phi) is 5.09. The third-order valence-electron chi connectivity index (χ3n) is 6.07. The summed E-state index contributed by atoms with van der Waals surface area (Å²) >= 11 is 0. The van der Waals surface area contributed by atoms with Crippen LogP contribution in [0, 0.1) is 13.8 Å². The molecule has 0 amide bonds. The zero-order valence-corrected chi connectivity index (χ0v) is 18.7. The van der Waals surface area contributed by atoms with Gasteiger partial charge in [-0.1, -0.05) is 48.5 Å². The van der Waals surface area contributed by atoms with E-state index in [0.717, 1.165) is 27.8 Å². The molecular formula is C28H24N2O3. The number of H-pyrrole nitrogens is 1. The maximum Gasteiger partial charge on any atom is 0.257 e. The molecule has 164 valence electrons. The Morgan fingerprint density at radius 3 is 2.52 bits per heavy atom. The molecule has 5 nitrogen and oxygen atoms in total. The molecule has 5 heteroatoms. The first-order chi connectivity index (χ1) is 15.9.